The standard InChI is InChI=1S/C27H48O4S/c1-5-7-10-14-22-20-25(29)24(17-16-23(28)19-21(3)13-8-6-2)27(22)32-18-12-9-11-15-26(30)31-4/h16-17,21,23-25,28-29H,5-15,18-20H2,1-4H3/b17-16+/t21?,23?,24-,25?/m0/s1. The number of hydrogen-bond acceptors (Lipinski definition) is 5. The second kappa shape index (κ2) is 17.7. The molecule has 0 saturated carbocycles. The van der Waals surface area contributed by atoms with E-state index in [-0.39, 0.29) is 18.0 Å². The number of methoxy groups -OCH3 is 1. The fraction of sp³-hybridized carbons (Fsp3) is 0.815. The summed E-state index contributed by atoms with van der Waals surface area (Å²) in [6, 6.07) is 0. The Kier molecular flexibility index (Phi) is 16.1. The van der Waals surface area contributed by atoms with Crippen LogP contribution < -0.4 is 0 Å². The third kappa shape index (κ3) is 11.9. The van der Waals surface area contributed by atoms with E-state index in [4.69, 9.17) is 4.74 Å². The molecule has 1 aliphatic rings. The van der Waals surface area contributed by atoms with Gasteiger partial charge in [0.25, 0.3) is 0 Å². The molecule has 3 unspecified atom stereocenters. The monoisotopic (exact) mass is 468 g/mol. The molecule has 186 valence electrons. The van der Waals surface area contributed by atoms with Crippen molar-refractivity contribution in [1.29, 1.82) is 0 Å². The molecular weight excluding hydrogens is 420 g/mol. The predicted molar refractivity (Wildman–Crippen MR) is 137 cm³/mol. The van der Waals surface area contributed by atoms with E-state index in [0.29, 0.717) is 12.3 Å². The molecular formula is C27H48O4S. The Balaban J connectivity index is 2.66. The van der Waals surface area contributed by atoms with E-state index in [0.717, 1.165) is 50.7 Å². The van der Waals surface area contributed by atoms with Crippen LogP contribution in [0.15, 0.2) is 22.6 Å². The maximum atomic E-state index is 11.3. The number of hydrogen-bond donors (Lipinski definition) is 2. The van der Waals surface area contributed by atoms with E-state index in [2.05, 4.69) is 26.8 Å². The molecule has 0 bridgehead atoms. The minimum Gasteiger partial charge on any atom is -0.469 e. The highest BCUT2D eigenvalue weighted by atomic mass is 32.2. The summed E-state index contributed by atoms with van der Waals surface area (Å²) < 4.78 is 4.71. The highest BCUT2D eigenvalue weighted by Crippen LogP contribution is 2.43. The van der Waals surface area contributed by atoms with Crippen LogP contribution in [0, 0.1) is 11.8 Å². The average Bonchev–Trinajstić information content (AvgIpc) is 3.07. The van der Waals surface area contributed by atoms with Gasteiger partial charge in [0, 0.05) is 12.3 Å². The second-order valence-electron chi connectivity index (χ2n) is 9.39. The van der Waals surface area contributed by atoms with Crippen molar-refractivity contribution in [3.63, 3.8) is 0 Å². The topological polar surface area (TPSA) is 66.8 Å². The molecule has 0 aliphatic heterocycles. The lowest BCUT2D eigenvalue weighted by molar-refractivity contribution is -0.140. The van der Waals surface area contributed by atoms with Crippen LogP contribution in [0.1, 0.15) is 104 Å². The van der Waals surface area contributed by atoms with Gasteiger partial charge in [0.1, 0.15) is 0 Å². The van der Waals surface area contributed by atoms with Crippen LogP contribution >= 0.6 is 11.8 Å². The van der Waals surface area contributed by atoms with Crippen molar-refractivity contribution in [2.45, 2.75) is 116 Å². The number of aliphatic hydroxyl groups excluding tert-OH is 2. The Morgan fingerprint density at radius 2 is 1.91 bits per heavy atom. The number of rotatable bonds is 18. The number of esters is 1. The Morgan fingerprint density at radius 1 is 1.16 bits per heavy atom. The van der Waals surface area contributed by atoms with Crippen molar-refractivity contribution in [1.82, 2.24) is 0 Å². The van der Waals surface area contributed by atoms with Crippen LogP contribution in [0.3, 0.4) is 0 Å². The summed E-state index contributed by atoms with van der Waals surface area (Å²) in [6.07, 6.45) is 16.4. The lowest BCUT2D eigenvalue weighted by Gasteiger charge is -2.17. The molecule has 32 heavy (non-hydrogen) atoms. The van der Waals surface area contributed by atoms with Crippen molar-refractivity contribution in [2.24, 2.45) is 11.8 Å². The summed E-state index contributed by atoms with van der Waals surface area (Å²) in [7, 11) is 1.44. The highest BCUT2D eigenvalue weighted by molar-refractivity contribution is 8.03. The Labute approximate surface area is 201 Å². The Hall–Kier alpha value is -0.780. The van der Waals surface area contributed by atoms with Crippen LogP contribution in [0.4, 0.5) is 0 Å². The quantitative estimate of drug-likeness (QED) is 0.131. The summed E-state index contributed by atoms with van der Waals surface area (Å²) in [5.41, 5.74) is 1.41. The predicted octanol–water partition coefficient (Wildman–Crippen LogP) is 6.80. The summed E-state index contributed by atoms with van der Waals surface area (Å²) in [6.45, 7) is 6.63. The van der Waals surface area contributed by atoms with Crippen LogP contribution in [0.2, 0.25) is 0 Å². The molecule has 0 fully saturated rings. The first kappa shape index (κ1) is 29.3. The molecule has 0 radical (unpaired) electrons. The van der Waals surface area contributed by atoms with Gasteiger partial charge in [-0.05, 0) is 55.1 Å². The lowest BCUT2D eigenvalue weighted by atomic mass is 9.96. The normalized spacial score (nSPS) is 20.8. The van der Waals surface area contributed by atoms with Crippen molar-refractivity contribution >= 4 is 17.7 Å². The summed E-state index contributed by atoms with van der Waals surface area (Å²) in [5.74, 6) is 1.39. The second-order valence-corrected chi connectivity index (χ2v) is 10.5. The molecule has 0 amide bonds. The molecule has 4 atom stereocenters. The van der Waals surface area contributed by atoms with Gasteiger partial charge in [-0.15, -0.1) is 11.8 Å². The van der Waals surface area contributed by atoms with Gasteiger partial charge in [-0.2, -0.15) is 0 Å². The first-order valence-electron chi connectivity index (χ1n) is 12.9. The van der Waals surface area contributed by atoms with Gasteiger partial charge in [-0.3, -0.25) is 4.79 Å². The van der Waals surface area contributed by atoms with Gasteiger partial charge < -0.3 is 14.9 Å². The fourth-order valence-corrected chi connectivity index (χ4v) is 5.75. The summed E-state index contributed by atoms with van der Waals surface area (Å²) >= 11 is 1.87. The van der Waals surface area contributed by atoms with Crippen LogP contribution in [-0.4, -0.2) is 41.3 Å². The van der Waals surface area contributed by atoms with Gasteiger partial charge in [0.2, 0.25) is 0 Å². The van der Waals surface area contributed by atoms with Gasteiger partial charge in [-0.1, -0.05) is 77.0 Å². The first-order chi connectivity index (χ1) is 15.4. The number of ether oxygens (including phenoxy) is 1. The van der Waals surface area contributed by atoms with Crippen molar-refractivity contribution in [3.05, 3.63) is 22.6 Å². The first-order valence-corrected chi connectivity index (χ1v) is 13.9. The SMILES string of the molecule is CCCCCC1=C(SCCCCCC(=O)OC)[C@@H](/C=C/C(O)CC(C)CCCC)C(O)C1. The molecule has 0 heterocycles. The number of thioether (sulfide) groups is 1. The Bertz CT molecular complexity index is 572. The molecule has 0 aromatic rings. The third-order valence-electron chi connectivity index (χ3n) is 6.35. The van der Waals surface area contributed by atoms with E-state index >= 15 is 0 Å². The van der Waals surface area contributed by atoms with E-state index in [1.807, 2.05) is 17.8 Å². The van der Waals surface area contributed by atoms with Crippen molar-refractivity contribution in [2.75, 3.05) is 12.9 Å². The molecule has 1 aliphatic carbocycles. The number of carbonyl (C=O) groups is 1. The maximum absolute atomic E-state index is 11.3. The van der Waals surface area contributed by atoms with E-state index in [1.54, 1.807) is 0 Å². The minimum absolute atomic E-state index is 0.00675. The highest BCUT2D eigenvalue weighted by Gasteiger charge is 2.31. The lowest BCUT2D eigenvalue weighted by Crippen LogP contribution is -2.15. The summed E-state index contributed by atoms with van der Waals surface area (Å²) in [4.78, 5) is 12.6. The van der Waals surface area contributed by atoms with E-state index in [1.165, 1.54) is 49.7 Å². The average molecular weight is 469 g/mol. The fourth-order valence-electron chi connectivity index (χ4n) is 4.36. The largest absolute Gasteiger partial charge is 0.469 e. The van der Waals surface area contributed by atoms with E-state index in [9.17, 15) is 15.0 Å². The van der Waals surface area contributed by atoms with Crippen molar-refractivity contribution < 1.29 is 19.7 Å². The van der Waals surface area contributed by atoms with Crippen LogP contribution in [0.25, 0.3) is 0 Å². The minimum atomic E-state index is -0.442. The molecule has 0 aromatic carbocycles. The molecule has 4 nitrogen and oxygen atoms in total. The third-order valence-corrected chi connectivity index (χ3v) is 7.71. The zero-order chi connectivity index (χ0) is 23.8. The van der Waals surface area contributed by atoms with Crippen molar-refractivity contribution in [3.8, 4) is 0 Å². The molecule has 5 heteroatoms. The van der Waals surface area contributed by atoms with Gasteiger partial charge in [0.15, 0.2) is 0 Å². The van der Waals surface area contributed by atoms with Gasteiger partial charge >= 0.3 is 5.97 Å². The summed E-state index contributed by atoms with van der Waals surface area (Å²) in [5, 5.41) is 21.3. The Morgan fingerprint density at radius 3 is 2.59 bits per heavy atom. The maximum Gasteiger partial charge on any atom is 0.305 e. The number of carbonyl (C=O) groups excluding carboxylic acids is 1. The molecule has 0 saturated heterocycles. The van der Waals surface area contributed by atoms with E-state index < -0.39 is 6.10 Å². The molecule has 1 rings (SSSR count). The number of aliphatic hydroxyl groups is 2. The molecule has 0 aromatic heterocycles. The van der Waals surface area contributed by atoms with Crippen LogP contribution in [-0.2, 0) is 9.53 Å². The molecule has 0 spiro atoms. The zero-order valence-electron chi connectivity index (χ0n) is 21.0. The smallest absolute Gasteiger partial charge is 0.305 e. The van der Waals surface area contributed by atoms with Gasteiger partial charge in [-0.25, -0.2) is 0 Å². The van der Waals surface area contributed by atoms with Crippen LogP contribution in [0.5, 0.6) is 0 Å². The zero-order valence-corrected chi connectivity index (χ0v) is 21.8. The number of unbranched alkanes of at least 4 members (excludes halogenated alkanes) is 5. The van der Waals surface area contributed by atoms with Gasteiger partial charge in [0.05, 0.1) is 19.3 Å². The molecule has 2 N–H and O–H groups in total.